The van der Waals surface area contributed by atoms with Gasteiger partial charge in [0.05, 0.1) is 5.69 Å². The lowest BCUT2D eigenvalue weighted by Gasteiger charge is -1.88. The van der Waals surface area contributed by atoms with Crippen LogP contribution in [0.25, 0.3) is 0 Å². The summed E-state index contributed by atoms with van der Waals surface area (Å²) < 4.78 is 4.86. The summed E-state index contributed by atoms with van der Waals surface area (Å²) in [5, 5.41) is 6.29. The maximum atomic E-state index is 11.0. The number of nitrogens with one attached hydrogen (secondary N) is 1. The van der Waals surface area contributed by atoms with Crippen LogP contribution in [-0.4, -0.2) is 18.1 Å². The molecule has 4 nitrogen and oxygen atoms in total. The molecule has 2 rings (SSSR count). The molecule has 1 aromatic rings. The molecule has 0 aliphatic heterocycles. The molecule has 4 heteroatoms. The molecule has 1 fully saturated rings. The van der Waals surface area contributed by atoms with Gasteiger partial charge < -0.3 is 9.84 Å². The van der Waals surface area contributed by atoms with Gasteiger partial charge >= 0.3 is 0 Å². The lowest BCUT2D eigenvalue weighted by atomic mass is 10.3. The van der Waals surface area contributed by atoms with Crippen LogP contribution in [0.4, 0.5) is 0 Å². The summed E-state index contributed by atoms with van der Waals surface area (Å²) in [6.07, 6.45) is 2.33. The van der Waals surface area contributed by atoms with E-state index >= 15 is 0 Å². The van der Waals surface area contributed by atoms with Gasteiger partial charge in [-0.1, -0.05) is 5.16 Å². The van der Waals surface area contributed by atoms with Crippen LogP contribution in [0.1, 0.15) is 35.0 Å². The molecule has 0 bridgehead atoms. The fourth-order valence-electron chi connectivity index (χ4n) is 1.09. The smallest absolute Gasteiger partial charge is 0.289 e. The fourth-order valence-corrected chi connectivity index (χ4v) is 1.09. The number of nitrogens with zero attached hydrogens (tertiary/aromatic N) is 1. The zero-order chi connectivity index (χ0) is 8.55. The van der Waals surface area contributed by atoms with Gasteiger partial charge in [0.1, 0.15) is 0 Å². The van der Waals surface area contributed by atoms with Crippen molar-refractivity contribution in [3.63, 3.8) is 0 Å². The second-order valence-electron chi connectivity index (χ2n) is 2.97. The van der Waals surface area contributed by atoms with E-state index in [0.29, 0.717) is 11.7 Å². The summed E-state index contributed by atoms with van der Waals surface area (Å²) in [6, 6.07) is 1.72. The molecule has 0 saturated heterocycles. The SMILES string of the molecule is CNC(=O)c1cc(C2CC2)no1. The van der Waals surface area contributed by atoms with Crippen LogP contribution in [0.3, 0.4) is 0 Å². The van der Waals surface area contributed by atoms with Crippen molar-refractivity contribution in [2.45, 2.75) is 18.8 Å². The predicted molar refractivity (Wildman–Crippen MR) is 41.9 cm³/mol. The molecule has 1 aliphatic carbocycles. The predicted octanol–water partition coefficient (Wildman–Crippen LogP) is 0.912. The minimum atomic E-state index is -0.214. The maximum absolute atomic E-state index is 11.0. The number of carbonyl (C=O) groups is 1. The molecule has 1 aromatic heterocycles. The molecule has 64 valence electrons. The summed E-state index contributed by atoms with van der Waals surface area (Å²) in [5.74, 6) is 0.626. The lowest BCUT2D eigenvalue weighted by molar-refractivity contribution is 0.0926. The van der Waals surface area contributed by atoms with Gasteiger partial charge in [0, 0.05) is 19.0 Å². The zero-order valence-electron chi connectivity index (χ0n) is 6.83. The molecule has 1 saturated carbocycles. The van der Waals surface area contributed by atoms with Gasteiger partial charge in [0.25, 0.3) is 5.91 Å². The normalized spacial score (nSPS) is 16.1. The van der Waals surface area contributed by atoms with Gasteiger partial charge in [-0.15, -0.1) is 0 Å². The second-order valence-corrected chi connectivity index (χ2v) is 2.97. The Morgan fingerprint density at radius 3 is 3.08 bits per heavy atom. The molecule has 1 amide bonds. The molecule has 1 N–H and O–H groups in total. The van der Waals surface area contributed by atoms with Gasteiger partial charge in [0.2, 0.25) is 5.76 Å². The average molecular weight is 166 g/mol. The van der Waals surface area contributed by atoms with Crippen LogP contribution < -0.4 is 5.32 Å². The van der Waals surface area contributed by atoms with Crippen molar-refractivity contribution in [2.75, 3.05) is 7.05 Å². The van der Waals surface area contributed by atoms with E-state index in [9.17, 15) is 4.79 Å². The number of aromatic nitrogens is 1. The van der Waals surface area contributed by atoms with Gasteiger partial charge in [0.15, 0.2) is 0 Å². The van der Waals surface area contributed by atoms with Crippen LogP contribution in [-0.2, 0) is 0 Å². The quantitative estimate of drug-likeness (QED) is 0.710. The molecule has 1 heterocycles. The summed E-state index contributed by atoms with van der Waals surface area (Å²) in [6.45, 7) is 0. The van der Waals surface area contributed by atoms with E-state index < -0.39 is 0 Å². The molecule has 0 unspecified atom stereocenters. The van der Waals surface area contributed by atoms with Crippen molar-refractivity contribution < 1.29 is 9.32 Å². The summed E-state index contributed by atoms with van der Waals surface area (Å²) in [5.41, 5.74) is 0.911. The number of amides is 1. The van der Waals surface area contributed by atoms with Gasteiger partial charge in [-0.05, 0) is 12.8 Å². The Balaban J connectivity index is 2.17. The van der Waals surface area contributed by atoms with Crippen molar-refractivity contribution in [1.82, 2.24) is 10.5 Å². The van der Waals surface area contributed by atoms with E-state index in [1.165, 1.54) is 12.8 Å². The van der Waals surface area contributed by atoms with E-state index in [2.05, 4.69) is 10.5 Å². The van der Waals surface area contributed by atoms with Gasteiger partial charge in [-0.3, -0.25) is 4.79 Å². The first-order chi connectivity index (χ1) is 5.81. The number of carbonyl (C=O) groups excluding carboxylic acids is 1. The Kier molecular flexibility index (Phi) is 1.60. The monoisotopic (exact) mass is 166 g/mol. The Labute approximate surface area is 69.9 Å². The third-order valence-corrected chi connectivity index (χ3v) is 1.97. The van der Waals surface area contributed by atoms with Crippen LogP contribution in [0.15, 0.2) is 10.6 Å². The first kappa shape index (κ1) is 7.34. The van der Waals surface area contributed by atoms with Crippen molar-refractivity contribution in [2.24, 2.45) is 0 Å². The third-order valence-electron chi connectivity index (χ3n) is 1.97. The topological polar surface area (TPSA) is 55.1 Å². The number of hydrogen-bond acceptors (Lipinski definition) is 3. The van der Waals surface area contributed by atoms with Crippen LogP contribution in [0.5, 0.6) is 0 Å². The summed E-state index contributed by atoms with van der Waals surface area (Å²) in [4.78, 5) is 11.0. The van der Waals surface area contributed by atoms with Gasteiger partial charge in [-0.25, -0.2) is 0 Å². The molecule has 0 radical (unpaired) electrons. The van der Waals surface area contributed by atoms with E-state index in [1.54, 1.807) is 13.1 Å². The van der Waals surface area contributed by atoms with E-state index in [0.717, 1.165) is 5.69 Å². The Hall–Kier alpha value is -1.32. The van der Waals surface area contributed by atoms with E-state index in [-0.39, 0.29) is 5.91 Å². The molecule has 0 atom stereocenters. The highest BCUT2D eigenvalue weighted by Crippen LogP contribution is 2.39. The maximum Gasteiger partial charge on any atom is 0.289 e. The minimum Gasteiger partial charge on any atom is -0.352 e. The first-order valence-electron chi connectivity index (χ1n) is 4.00. The third kappa shape index (κ3) is 1.20. The Bertz CT molecular complexity index is 302. The fraction of sp³-hybridized carbons (Fsp3) is 0.500. The van der Waals surface area contributed by atoms with Crippen LogP contribution >= 0.6 is 0 Å². The molecule has 12 heavy (non-hydrogen) atoms. The highest BCUT2D eigenvalue weighted by Gasteiger charge is 2.27. The standard InChI is InChI=1S/C8H10N2O2/c1-9-8(11)7-4-6(10-12-7)5-2-3-5/h4-5H,2-3H2,1H3,(H,9,11). The average Bonchev–Trinajstić information content (AvgIpc) is 2.83. The van der Waals surface area contributed by atoms with Crippen molar-refractivity contribution in [3.05, 3.63) is 17.5 Å². The summed E-state index contributed by atoms with van der Waals surface area (Å²) in [7, 11) is 1.57. The van der Waals surface area contributed by atoms with Crippen LogP contribution in [0.2, 0.25) is 0 Å². The molecule has 0 aromatic carbocycles. The Morgan fingerprint density at radius 2 is 2.50 bits per heavy atom. The first-order valence-corrected chi connectivity index (χ1v) is 4.00. The Morgan fingerprint density at radius 1 is 1.75 bits per heavy atom. The highest BCUT2D eigenvalue weighted by molar-refractivity contribution is 5.91. The largest absolute Gasteiger partial charge is 0.352 e. The molecule has 0 spiro atoms. The van der Waals surface area contributed by atoms with E-state index in [4.69, 9.17) is 4.52 Å². The van der Waals surface area contributed by atoms with Gasteiger partial charge in [-0.2, -0.15) is 0 Å². The number of hydrogen-bond donors (Lipinski definition) is 1. The zero-order valence-corrected chi connectivity index (χ0v) is 6.83. The number of rotatable bonds is 2. The molecular formula is C8H10N2O2. The second kappa shape index (κ2) is 2.62. The van der Waals surface area contributed by atoms with Crippen molar-refractivity contribution in [1.29, 1.82) is 0 Å². The van der Waals surface area contributed by atoms with Crippen molar-refractivity contribution in [3.8, 4) is 0 Å². The van der Waals surface area contributed by atoms with E-state index in [1.807, 2.05) is 0 Å². The molecule has 1 aliphatic rings. The summed E-state index contributed by atoms with van der Waals surface area (Å²) >= 11 is 0. The van der Waals surface area contributed by atoms with Crippen molar-refractivity contribution >= 4 is 5.91 Å². The van der Waals surface area contributed by atoms with Crippen LogP contribution in [0, 0.1) is 0 Å². The lowest BCUT2D eigenvalue weighted by Crippen LogP contribution is -2.16. The highest BCUT2D eigenvalue weighted by atomic mass is 16.5. The minimum absolute atomic E-state index is 0.214. The molecular weight excluding hydrogens is 156 g/mol.